The standard InChI is InChI=1S/C25H13ClF14N6O2/c1-44-18(14(22(30,31)32)17(43-44)48-25(39,40)20(29)24(36,37)38)45-8-11(7-42-45)10-2-3-13(26)12(6-10)19(47)46(21(9-41)4-5-21)16(28)15(27)23(33,34)35/h2-3,6-8,20H,4-5H2,1H3/b16-15-. The zero-order chi connectivity index (χ0) is 36.4. The minimum absolute atomic E-state index is 0.196. The number of carbonyl (C=O) groups is 1. The van der Waals surface area contributed by atoms with Crippen LogP contribution in [-0.2, 0) is 13.2 Å². The van der Waals surface area contributed by atoms with E-state index < -0.39 is 81.9 Å². The molecule has 1 atom stereocenters. The fraction of sp³-hybridized carbons (Fsp3) is 0.360. The predicted molar refractivity (Wildman–Crippen MR) is 131 cm³/mol. The van der Waals surface area contributed by atoms with Crippen LogP contribution in [0.5, 0.6) is 5.88 Å². The zero-order valence-corrected chi connectivity index (χ0v) is 23.8. The van der Waals surface area contributed by atoms with Gasteiger partial charge in [0.1, 0.15) is 5.54 Å². The van der Waals surface area contributed by atoms with Gasteiger partial charge < -0.3 is 4.74 Å². The van der Waals surface area contributed by atoms with Gasteiger partial charge in [-0.2, -0.15) is 67.4 Å². The summed E-state index contributed by atoms with van der Waals surface area (Å²) in [6, 6.07) is 4.20. The number of carbonyl (C=O) groups excluding carboxylic acids is 1. The first kappa shape index (κ1) is 36.3. The van der Waals surface area contributed by atoms with E-state index in [0.717, 1.165) is 30.6 Å². The highest BCUT2D eigenvalue weighted by Crippen LogP contribution is 2.47. The van der Waals surface area contributed by atoms with E-state index >= 15 is 0 Å². The summed E-state index contributed by atoms with van der Waals surface area (Å²) in [5, 5.41) is 15.4. The van der Waals surface area contributed by atoms with Gasteiger partial charge in [-0.15, -0.1) is 5.10 Å². The molecule has 0 N–H and O–H groups in total. The van der Waals surface area contributed by atoms with Crippen LogP contribution >= 0.6 is 11.6 Å². The molecule has 3 aromatic rings. The second kappa shape index (κ2) is 11.9. The fourth-order valence-corrected chi connectivity index (χ4v) is 4.41. The van der Waals surface area contributed by atoms with Crippen LogP contribution in [0.4, 0.5) is 61.5 Å². The Labute approximate surface area is 262 Å². The zero-order valence-electron chi connectivity index (χ0n) is 23.0. The van der Waals surface area contributed by atoms with Crippen molar-refractivity contribution in [2.45, 2.75) is 49.2 Å². The van der Waals surface area contributed by atoms with Crippen LogP contribution in [0.25, 0.3) is 16.9 Å². The Balaban J connectivity index is 1.78. The highest BCUT2D eigenvalue weighted by atomic mass is 35.5. The Morgan fingerprint density at radius 1 is 1.06 bits per heavy atom. The summed E-state index contributed by atoms with van der Waals surface area (Å²) in [7, 11) is 0.701. The molecule has 1 amide bonds. The van der Waals surface area contributed by atoms with Crippen LogP contribution in [0, 0.1) is 11.3 Å². The van der Waals surface area contributed by atoms with Crippen LogP contribution in [0.3, 0.4) is 0 Å². The summed E-state index contributed by atoms with van der Waals surface area (Å²) in [6.45, 7) is 0. The van der Waals surface area contributed by atoms with Gasteiger partial charge in [-0.05, 0) is 30.5 Å². The fourth-order valence-electron chi connectivity index (χ4n) is 4.21. The molecule has 0 saturated heterocycles. The third-order valence-electron chi connectivity index (χ3n) is 6.60. The average molecular weight is 731 g/mol. The smallest absolute Gasteiger partial charge is 0.410 e. The average Bonchev–Trinajstić information content (AvgIpc) is 3.45. The highest BCUT2D eigenvalue weighted by molar-refractivity contribution is 6.34. The van der Waals surface area contributed by atoms with Crippen molar-refractivity contribution in [1.29, 1.82) is 5.26 Å². The van der Waals surface area contributed by atoms with Gasteiger partial charge in [-0.1, -0.05) is 17.7 Å². The Morgan fingerprint density at radius 3 is 2.17 bits per heavy atom. The lowest BCUT2D eigenvalue weighted by molar-refractivity contribution is -0.306. The molecular weight excluding hydrogens is 718 g/mol. The van der Waals surface area contributed by atoms with Crippen LogP contribution in [0.1, 0.15) is 28.8 Å². The van der Waals surface area contributed by atoms with E-state index in [9.17, 15) is 71.5 Å². The summed E-state index contributed by atoms with van der Waals surface area (Å²) in [5.41, 5.74) is -5.74. The van der Waals surface area contributed by atoms with E-state index in [0.29, 0.717) is 11.7 Å². The molecule has 1 saturated carbocycles. The minimum atomic E-state index is -6.24. The summed E-state index contributed by atoms with van der Waals surface area (Å²) in [6.07, 6.45) is -28.0. The lowest BCUT2D eigenvalue weighted by Crippen LogP contribution is -2.46. The third-order valence-corrected chi connectivity index (χ3v) is 6.93. The molecule has 1 aliphatic rings. The van der Waals surface area contributed by atoms with Crippen LogP contribution in [-0.4, -0.2) is 60.5 Å². The number of ether oxygens (including phenoxy) is 1. The van der Waals surface area contributed by atoms with Gasteiger partial charge in [-0.25, -0.2) is 13.8 Å². The van der Waals surface area contributed by atoms with Gasteiger partial charge in [0.15, 0.2) is 11.4 Å². The maximum Gasteiger partial charge on any atom is 0.447 e. The molecule has 8 nitrogen and oxygen atoms in total. The van der Waals surface area contributed by atoms with Gasteiger partial charge in [-0.3, -0.25) is 9.69 Å². The molecule has 1 unspecified atom stereocenters. The Kier molecular flexibility index (Phi) is 8.96. The van der Waals surface area contributed by atoms with Crippen molar-refractivity contribution < 1.29 is 71.0 Å². The van der Waals surface area contributed by atoms with E-state index in [2.05, 4.69) is 14.9 Å². The summed E-state index contributed by atoms with van der Waals surface area (Å²) < 4.78 is 192. The van der Waals surface area contributed by atoms with Crippen molar-refractivity contribution >= 4 is 17.5 Å². The van der Waals surface area contributed by atoms with Crippen molar-refractivity contribution in [3.05, 3.63) is 58.5 Å². The Morgan fingerprint density at radius 2 is 1.67 bits per heavy atom. The second-order valence-corrected chi connectivity index (χ2v) is 10.4. The SMILES string of the molecule is Cn1nc(OC(F)(F)C(F)C(F)(F)F)c(C(F)(F)F)c1-n1cc(-c2ccc(Cl)c(C(=O)N(/C(F)=C(\F)C(F)(F)F)C3(C#N)CC3)c2)cn1. The van der Waals surface area contributed by atoms with Crippen molar-refractivity contribution in [3.63, 3.8) is 0 Å². The lowest BCUT2D eigenvalue weighted by atomic mass is 10.0. The molecule has 4 rings (SSSR count). The number of benzene rings is 1. The molecule has 48 heavy (non-hydrogen) atoms. The first-order chi connectivity index (χ1) is 21.9. The maximum atomic E-state index is 14.8. The van der Waals surface area contributed by atoms with Crippen molar-refractivity contribution in [2.24, 2.45) is 7.05 Å². The second-order valence-electron chi connectivity index (χ2n) is 9.95. The van der Waals surface area contributed by atoms with Gasteiger partial charge in [0, 0.05) is 18.8 Å². The van der Waals surface area contributed by atoms with E-state index in [4.69, 9.17) is 11.6 Å². The largest absolute Gasteiger partial charge is 0.447 e. The first-order valence-corrected chi connectivity index (χ1v) is 12.9. The number of halogens is 15. The number of aromatic nitrogens is 4. The molecule has 0 spiro atoms. The van der Waals surface area contributed by atoms with Gasteiger partial charge in [0.05, 0.1) is 22.9 Å². The van der Waals surface area contributed by atoms with E-state index in [-0.39, 0.29) is 33.6 Å². The number of nitrogens with zero attached hydrogens (tertiary/aromatic N) is 6. The van der Waals surface area contributed by atoms with Crippen molar-refractivity contribution in [3.8, 4) is 28.9 Å². The predicted octanol–water partition coefficient (Wildman–Crippen LogP) is 7.99. The van der Waals surface area contributed by atoms with Crippen LogP contribution in [0.2, 0.25) is 5.02 Å². The number of nitriles is 1. The molecule has 0 radical (unpaired) electrons. The monoisotopic (exact) mass is 730 g/mol. The van der Waals surface area contributed by atoms with Crippen molar-refractivity contribution in [1.82, 2.24) is 24.5 Å². The third kappa shape index (κ3) is 6.72. The summed E-state index contributed by atoms with van der Waals surface area (Å²) in [5.74, 6) is -11.2. The topological polar surface area (TPSA) is 89.0 Å². The Hall–Kier alpha value is -4.55. The molecule has 1 aromatic carbocycles. The number of allylic oxidation sites excluding steroid dienone is 1. The maximum absolute atomic E-state index is 14.8. The molecule has 260 valence electrons. The normalized spacial score (nSPS) is 16.2. The number of hydrogen-bond acceptors (Lipinski definition) is 5. The molecule has 0 bridgehead atoms. The number of aryl methyl sites for hydroxylation is 1. The molecule has 1 fully saturated rings. The van der Waals surface area contributed by atoms with Gasteiger partial charge in [0.2, 0.25) is 5.95 Å². The van der Waals surface area contributed by atoms with Gasteiger partial charge in [0.25, 0.3) is 23.8 Å². The number of rotatable bonds is 8. The number of alkyl halides is 12. The molecule has 23 heteroatoms. The molecular formula is C25H13ClF14N6O2. The lowest BCUT2D eigenvalue weighted by Gasteiger charge is -2.26. The van der Waals surface area contributed by atoms with Crippen molar-refractivity contribution in [2.75, 3.05) is 0 Å². The van der Waals surface area contributed by atoms with E-state index in [1.165, 1.54) is 6.07 Å². The van der Waals surface area contributed by atoms with E-state index in [1.54, 1.807) is 0 Å². The first-order valence-electron chi connectivity index (χ1n) is 12.5. The molecule has 0 aliphatic heterocycles. The Bertz CT molecular complexity index is 1810. The molecule has 1 aliphatic carbocycles. The summed E-state index contributed by atoms with van der Waals surface area (Å²) in [4.78, 5) is 12.9. The van der Waals surface area contributed by atoms with Gasteiger partial charge >= 0.3 is 24.6 Å². The van der Waals surface area contributed by atoms with E-state index in [1.807, 2.05) is 0 Å². The van der Waals surface area contributed by atoms with Crippen LogP contribution in [0.15, 0.2) is 42.4 Å². The number of hydrogen-bond donors (Lipinski definition) is 0. The quantitative estimate of drug-likeness (QED) is 0.173. The highest BCUT2D eigenvalue weighted by Gasteiger charge is 2.61. The number of amides is 1. The minimum Gasteiger partial charge on any atom is -0.410 e. The molecule has 2 aromatic heterocycles. The van der Waals surface area contributed by atoms with Crippen LogP contribution < -0.4 is 4.74 Å². The molecule has 2 heterocycles. The summed E-state index contributed by atoms with van der Waals surface area (Å²) >= 11 is 5.99.